The van der Waals surface area contributed by atoms with Gasteiger partial charge in [-0.2, -0.15) is 5.10 Å². The zero-order valence-electron chi connectivity index (χ0n) is 10.6. The quantitative estimate of drug-likeness (QED) is 0.754. The number of aliphatic hydroxyl groups is 1. The molecule has 1 amide bonds. The Bertz CT molecular complexity index is 621. The first-order valence-electron chi connectivity index (χ1n) is 6.23. The summed E-state index contributed by atoms with van der Waals surface area (Å²) in [6, 6.07) is 7.43. The fraction of sp³-hybridized carbons (Fsp3) is 0.286. The van der Waals surface area contributed by atoms with E-state index < -0.39 is 6.10 Å². The first-order valence-corrected chi connectivity index (χ1v) is 6.23. The maximum Gasteiger partial charge on any atom is 0.255 e. The van der Waals surface area contributed by atoms with Crippen LogP contribution >= 0.6 is 0 Å². The molecule has 0 saturated heterocycles. The van der Waals surface area contributed by atoms with Crippen LogP contribution in [0.2, 0.25) is 0 Å². The molecule has 0 saturated carbocycles. The van der Waals surface area contributed by atoms with E-state index in [2.05, 4.69) is 15.5 Å². The van der Waals surface area contributed by atoms with Gasteiger partial charge in [0.2, 0.25) is 0 Å². The van der Waals surface area contributed by atoms with Crippen LogP contribution in [0.1, 0.15) is 33.2 Å². The van der Waals surface area contributed by atoms with Gasteiger partial charge in [-0.25, -0.2) is 0 Å². The molecule has 98 valence electrons. The molecule has 2 unspecified atom stereocenters. The van der Waals surface area contributed by atoms with Crippen LogP contribution in [-0.4, -0.2) is 27.3 Å². The summed E-state index contributed by atoms with van der Waals surface area (Å²) in [5, 5.41) is 19.5. The van der Waals surface area contributed by atoms with E-state index in [1.165, 1.54) is 6.20 Å². The van der Waals surface area contributed by atoms with Crippen molar-refractivity contribution in [1.29, 1.82) is 0 Å². The van der Waals surface area contributed by atoms with E-state index in [1.54, 1.807) is 6.92 Å². The Morgan fingerprint density at radius 2 is 2.26 bits per heavy atom. The Kier molecular flexibility index (Phi) is 2.83. The number of rotatable bonds is 2. The number of carbonyl (C=O) groups is 1. The van der Waals surface area contributed by atoms with Crippen molar-refractivity contribution < 1.29 is 9.90 Å². The van der Waals surface area contributed by atoms with Crippen LogP contribution < -0.4 is 5.32 Å². The standard InChI is InChI=1S/C14H15N3O2/c1-8-11(7-15-17-8)14(19)16-13-10-5-3-2-4-9(10)6-12(13)18/h2-5,7,12-13,18H,6H2,1H3,(H,15,17)(H,16,19). The van der Waals surface area contributed by atoms with E-state index >= 15 is 0 Å². The van der Waals surface area contributed by atoms with Gasteiger partial charge in [-0.05, 0) is 18.1 Å². The van der Waals surface area contributed by atoms with Crippen LogP contribution in [0, 0.1) is 6.92 Å². The molecule has 0 fully saturated rings. The minimum Gasteiger partial charge on any atom is -0.390 e. The topological polar surface area (TPSA) is 78.0 Å². The van der Waals surface area contributed by atoms with Gasteiger partial charge in [-0.3, -0.25) is 9.89 Å². The molecule has 0 aliphatic heterocycles. The predicted molar refractivity (Wildman–Crippen MR) is 69.7 cm³/mol. The third-order valence-electron chi connectivity index (χ3n) is 3.57. The minimum absolute atomic E-state index is 0.216. The highest BCUT2D eigenvalue weighted by atomic mass is 16.3. The second-order valence-electron chi connectivity index (χ2n) is 4.83. The van der Waals surface area contributed by atoms with Crippen molar-refractivity contribution >= 4 is 5.91 Å². The molecule has 1 aliphatic rings. The van der Waals surface area contributed by atoms with Gasteiger partial charge in [0.1, 0.15) is 0 Å². The Labute approximate surface area is 110 Å². The van der Waals surface area contributed by atoms with Gasteiger partial charge >= 0.3 is 0 Å². The van der Waals surface area contributed by atoms with E-state index in [0.717, 1.165) is 16.8 Å². The number of nitrogens with one attached hydrogen (secondary N) is 2. The maximum atomic E-state index is 12.2. The molecule has 0 radical (unpaired) electrons. The summed E-state index contributed by atoms with van der Waals surface area (Å²) in [4.78, 5) is 12.2. The highest BCUT2D eigenvalue weighted by molar-refractivity contribution is 5.95. The molecule has 1 heterocycles. The van der Waals surface area contributed by atoms with Gasteiger partial charge < -0.3 is 10.4 Å². The van der Waals surface area contributed by atoms with E-state index in [1.807, 2.05) is 24.3 Å². The summed E-state index contributed by atoms with van der Waals surface area (Å²) in [6.45, 7) is 1.79. The summed E-state index contributed by atoms with van der Waals surface area (Å²) >= 11 is 0. The van der Waals surface area contributed by atoms with E-state index in [0.29, 0.717) is 12.0 Å². The van der Waals surface area contributed by atoms with E-state index in [-0.39, 0.29) is 11.9 Å². The van der Waals surface area contributed by atoms with Crippen molar-refractivity contribution in [2.45, 2.75) is 25.5 Å². The summed E-state index contributed by atoms with van der Waals surface area (Å²) in [6.07, 6.45) is 1.50. The van der Waals surface area contributed by atoms with Gasteiger partial charge in [0, 0.05) is 12.1 Å². The average molecular weight is 257 g/mol. The fourth-order valence-corrected chi connectivity index (χ4v) is 2.55. The van der Waals surface area contributed by atoms with Gasteiger partial charge in [0.25, 0.3) is 5.91 Å². The monoisotopic (exact) mass is 257 g/mol. The normalized spacial score (nSPS) is 21.2. The highest BCUT2D eigenvalue weighted by Crippen LogP contribution is 2.31. The van der Waals surface area contributed by atoms with Crippen molar-refractivity contribution in [2.75, 3.05) is 0 Å². The molecule has 19 heavy (non-hydrogen) atoms. The third kappa shape index (κ3) is 2.02. The third-order valence-corrected chi connectivity index (χ3v) is 3.57. The Hall–Kier alpha value is -2.14. The number of aromatic nitrogens is 2. The second kappa shape index (κ2) is 4.51. The van der Waals surface area contributed by atoms with Crippen molar-refractivity contribution in [2.24, 2.45) is 0 Å². The van der Waals surface area contributed by atoms with Crippen LogP contribution in [0.15, 0.2) is 30.5 Å². The van der Waals surface area contributed by atoms with Crippen molar-refractivity contribution in [1.82, 2.24) is 15.5 Å². The molecular weight excluding hydrogens is 242 g/mol. The number of benzene rings is 1. The molecule has 5 nitrogen and oxygen atoms in total. The fourth-order valence-electron chi connectivity index (χ4n) is 2.55. The van der Waals surface area contributed by atoms with Crippen LogP contribution in [-0.2, 0) is 6.42 Å². The Morgan fingerprint density at radius 3 is 3.00 bits per heavy atom. The number of aryl methyl sites for hydroxylation is 1. The number of H-pyrrole nitrogens is 1. The molecule has 3 N–H and O–H groups in total. The molecule has 2 atom stereocenters. The Balaban J connectivity index is 1.84. The van der Waals surface area contributed by atoms with E-state index in [4.69, 9.17) is 0 Å². The lowest BCUT2D eigenvalue weighted by Gasteiger charge is -2.17. The lowest BCUT2D eigenvalue weighted by Crippen LogP contribution is -2.34. The predicted octanol–water partition coefficient (Wildman–Crippen LogP) is 1.11. The van der Waals surface area contributed by atoms with Crippen LogP contribution in [0.3, 0.4) is 0 Å². The maximum absolute atomic E-state index is 12.2. The summed E-state index contributed by atoms with van der Waals surface area (Å²) in [5.74, 6) is -0.216. The number of aromatic amines is 1. The number of nitrogens with zero attached hydrogens (tertiary/aromatic N) is 1. The number of aliphatic hydroxyl groups excluding tert-OH is 1. The van der Waals surface area contributed by atoms with Crippen LogP contribution in [0.4, 0.5) is 0 Å². The molecule has 2 aromatic rings. The molecule has 0 bridgehead atoms. The lowest BCUT2D eigenvalue weighted by molar-refractivity contribution is 0.0857. The summed E-state index contributed by atoms with van der Waals surface area (Å²) in [5.41, 5.74) is 3.31. The number of amides is 1. The van der Waals surface area contributed by atoms with Gasteiger partial charge in [0.05, 0.1) is 23.9 Å². The first kappa shape index (κ1) is 11.9. The molecule has 3 rings (SSSR count). The first-order chi connectivity index (χ1) is 9.16. The number of hydrogen-bond acceptors (Lipinski definition) is 3. The molecule has 0 spiro atoms. The van der Waals surface area contributed by atoms with Crippen molar-refractivity contribution in [3.63, 3.8) is 0 Å². The SMILES string of the molecule is Cc1[nH]ncc1C(=O)NC1c2ccccc2CC1O. The van der Waals surface area contributed by atoms with Crippen molar-refractivity contribution in [3.8, 4) is 0 Å². The summed E-state index contributed by atoms with van der Waals surface area (Å²) in [7, 11) is 0. The van der Waals surface area contributed by atoms with Gasteiger partial charge in [-0.15, -0.1) is 0 Å². The molecule has 1 aromatic heterocycles. The minimum atomic E-state index is -0.575. The molecule has 1 aliphatic carbocycles. The van der Waals surface area contributed by atoms with Gasteiger partial charge in [-0.1, -0.05) is 24.3 Å². The Morgan fingerprint density at radius 1 is 1.47 bits per heavy atom. The summed E-state index contributed by atoms with van der Waals surface area (Å²) < 4.78 is 0. The highest BCUT2D eigenvalue weighted by Gasteiger charge is 2.32. The smallest absolute Gasteiger partial charge is 0.255 e. The van der Waals surface area contributed by atoms with Crippen LogP contribution in [0.25, 0.3) is 0 Å². The van der Waals surface area contributed by atoms with Crippen LogP contribution in [0.5, 0.6) is 0 Å². The number of carbonyl (C=O) groups excluding carboxylic acids is 1. The number of hydrogen-bond donors (Lipinski definition) is 3. The zero-order chi connectivity index (χ0) is 13.4. The van der Waals surface area contributed by atoms with Crippen molar-refractivity contribution in [3.05, 3.63) is 52.8 Å². The molecule has 1 aromatic carbocycles. The molecular formula is C14H15N3O2. The van der Waals surface area contributed by atoms with Gasteiger partial charge in [0.15, 0.2) is 0 Å². The van der Waals surface area contributed by atoms with E-state index in [9.17, 15) is 9.90 Å². The number of fused-ring (bicyclic) bond motifs is 1. The largest absolute Gasteiger partial charge is 0.390 e. The lowest BCUT2D eigenvalue weighted by atomic mass is 10.1. The zero-order valence-corrected chi connectivity index (χ0v) is 10.6. The average Bonchev–Trinajstić information content (AvgIpc) is 2.94. The second-order valence-corrected chi connectivity index (χ2v) is 4.83. The molecule has 5 heteroatoms.